The quantitative estimate of drug-likeness (QED) is 0.785. The highest BCUT2D eigenvalue weighted by molar-refractivity contribution is 5.72. The maximum atomic E-state index is 11.3. The molecule has 1 N–H and O–H groups in total. The molecule has 0 aliphatic rings. The zero-order chi connectivity index (χ0) is 13.5. The van der Waals surface area contributed by atoms with E-state index >= 15 is 0 Å². The highest BCUT2D eigenvalue weighted by Gasteiger charge is 2.11. The number of esters is 1. The van der Waals surface area contributed by atoms with Crippen LogP contribution in [0.25, 0.3) is 0 Å². The molecule has 1 rings (SSSR count). The summed E-state index contributed by atoms with van der Waals surface area (Å²) < 4.78 is 4.86. The molecular weight excluding hydrogens is 232 g/mol. The van der Waals surface area contributed by atoms with Crippen molar-refractivity contribution in [2.75, 3.05) is 6.61 Å². The maximum Gasteiger partial charge on any atom is 0.307 e. The zero-order valence-electron chi connectivity index (χ0n) is 10.7. The molecule has 0 heterocycles. The Kier molecular flexibility index (Phi) is 5.36. The lowest BCUT2D eigenvalue weighted by Crippen LogP contribution is -2.09. The van der Waals surface area contributed by atoms with Gasteiger partial charge in [-0.1, -0.05) is 18.2 Å². The summed E-state index contributed by atoms with van der Waals surface area (Å²) in [7, 11) is 0. The number of ether oxygens (including phenoxy) is 1. The second-order valence-corrected chi connectivity index (χ2v) is 4.09. The van der Waals surface area contributed by atoms with Crippen LogP contribution in [0.2, 0.25) is 0 Å². The van der Waals surface area contributed by atoms with Gasteiger partial charge in [0.05, 0.1) is 13.0 Å². The van der Waals surface area contributed by atoms with Gasteiger partial charge in [0.1, 0.15) is 0 Å². The average Bonchev–Trinajstić information content (AvgIpc) is 2.30. The largest absolute Gasteiger partial charge is 0.481 e. The van der Waals surface area contributed by atoms with Crippen LogP contribution in [-0.2, 0) is 27.2 Å². The van der Waals surface area contributed by atoms with Crippen LogP contribution in [-0.4, -0.2) is 23.7 Å². The van der Waals surface area contributed by atoms with Crippen LogP contribution in [0.5, 0.6) is 0 Å². The highest BCUT2D eigenvalue weighted by atomic mass is 16.5. The Bertz CT molecular complexity index is 437. The van der Waals surface area contributed by atoms with Crippen LogP contribution in [0.3, 0.4) is 0 Å². The van der Waals surface area contributed by atoms with Crippen molar-refractivity contribution in [3.8, 4) is 0 Å². The number of hydrogen-bond acceptors (Lipinski definition) is 3. The van der Waals surface area contributed by atoms with Crippen LogP contribution in [0.15, 0.2) is 18.2 Å². The highest BCUT2D eigenvalue weighted by Crippen LogP contribution is 2.17. The molecule has 98 valence electrons. The number of carbonyl (C=O) groups excluding carboxylic acids is 1. The SMILES string of the molecule is CCOC(=O)CCc1cccc(C)c1CC(=O)O. The first-order chi connectivity index (χ1) is 8.54. The predicted molar refractivity (Wildman–Crippen MR) is 67.5 cm³/mol. The molecule has 0 bridgehead atoms. The Morgan fingerprint density at radius 2 is 2.06 bits per heavy atom. The van der Waals surface area contributed by atoms with Crippen molar-refractivity contribution in [2.45, 2.75) is 33.1 Å². The zero-order valence-corrected chi connectivity index (χ0v) is 10.7. The molecule has 4 heteroatoms. The van der Waals surface area contributed by atoms with Crippen LogP contribution < -0.4 is 0 Å². The Labute approximate surface area is 107 Å². The van der Waals surface area contributed by atoms with E-state index in [-0.39, 0.29) is 18.8 Å². The number of carbonyl (C=O) groups is 2. The third kappa shape index (κ3) is 4.20. The Balaban J connectivity index is 2.78. The van der Waals surface area contributed by atoms with Crippen LogP contribution >= 0.6 is 0 Å². The van der Waals surface area contributed by atoms with Gasteiger partial charge in [0, 0.05) is 6.42 Å². The van der Waals surface area contributed by atoms with E-state index in [0.29, 0.717) is 13.0 Å². The lowest BCUT2D eigenvalue weighted by molar-refractivity contribution is -0.143. The van der Waals surface area contributed by atoms with E-state index in [9.17, 15) is 9.59 Å². The standard InChI is InChI=1S/C14H18O4/c1-3-18-14(17)8-7-11-6-4-5-10(2)12(11)9-13(15)16/h4-6H,3,7-9H2,1-2H3,(H,15,16). The van der Waals surface area contributed by atoms with E-state index in [4.69, 9.17) is 9.84 Å². The summed E-state index contributed by atoms with van der Waals surface area (Å²) in [6.45, 7) is 4.02. The molecule has 1 aromatic carbocycles. The molecule has 0 saturated heterocycles. The average molecular weight is 250 g/mol. The molecule has 0 aliphatic heterocycles. The van der Waals surface area contributed by atoms with E-state index in [1.807, 2.05) is 25.1 Å². The van der Waals surface area contributed by atoms with Gasteiger partial charge in [0.2, 0.25) is 0 Å². The van der Waals surface area contributed by atoms with Crippen LogP contribution in [0.1, 0.15) is 30.0 Å². The summed E-state index contributed by atoms with van der Waals surface area (Å²) in [6.07, 6.45) is 0.790. The molecule has 0 aliphatic carbocycles. The second kappa shape index (κ2) is 6.79. The maximum absolute atomic E-state index is 11.3. The fraction of sp³-hybridized carbons (Fsp3) is 0.429. The van der Waals surface area contributed by atoms with Crippen LogP contribution in [0, 0.1) is 6.92 Å². The molecule has 0 unspecified atom stereocenters. The summed E-state index contributed by atoms with van der Waals surface area (Å²) in [4.78, 5) is 22.1. The summed E-state index contributed by atoms with van der Waals surface area (Å²) in [5.41, 5.74) is 2.65. The number of carboxylic acids is 1. The minimum Gasteiger partial charge on any atom is -0.481 e. The topological polar surface area (TPSA) is 63.6 Å². The number of rotatable bonds is 6. The van der Waals surface area contributed by atoms with Gasteiger partial charge in [-0.05, 0) is 37.0 Å². The fourth-order valence-electron chi connectivity index (χ4n) is 1.87. The smallest absolute Gasteiger partial charge is 0.307 e. The van der Waals surface area contributed by atoms with Gasteiger partial charge in [-0.3, -0.25) is 9.59 Å². The molecule has 0 fully saturated rings. The fourth-order valence-corrected chi connectivity index (χ4v) is 1.87. The first kappa shape index (κ1) is 14.2. The monoisotopic (exact) mass is 250 g/mol. The van der Waals surface area contributed by atoms with E-state index in [1.165, 1.54) is 0 Å². The van der Waals surface area contributed by atoms with Gasteiger partial charge in [0.15, 0.2) is 0 Å². The number of hydrogen-bond donors (Lipinski definition) is 1. The molecular formula is C14H18O4. The van der Waals surface area contributed by atoms with E-state index < -0.39 is 5.97 Å². The van der Waals surface area contributed by atoms with Crippen LogP contribution in [0.4, 0.5) is 0 Å². The Morgan fingerprint density at radius 1 is 1.33 bits per heavy atom. The molecule has 4 nitrogen and oxygen atoms in total. The third-order valence-electron chi connectivity index (χ3n) is 2.74. The van der Waals surface area contributed by atoms with Crippen molar-refractivity contribution in [1.82, 2.24) is 0 Å². The number of aryl methyl sites for hydroxylation is 2. The molecule has 18 heavy (non-hydrogen) atoms. The number of benzene rings is 1. The minimum atomic E-state index is -0.860. The van der Waals surface area contributed by atoms with E-state index in [2.05, 4.69) is 0 Å². The van der Waals surface area contributed by atoms with Crippen molar-refractivity contribution < 1.29 is 19.4 Å². The molecule has 0 spiro atoms. The van der Waals surface area contributed by atoms with Gasteiger partial charge in [-0.2, -0.15) is 0 Å². The molecule has 0 aromatic heterocycles. The first-order valence-electron chi connectivity index (χ1n) is 5.99. The van der Waals surface area contributed by atoms with Crippen molar-refractivity contribution in [3.05, 3.63) is 34.9 Å². The summed E-state index contributed by atoms with van der Waals surface area (Å²) in [5, 5.41) is 8.89. The molecule has 1 aromatic rings. The molecule has 0 amide bonds. The molecule has 0 saturated carbocycles. The van der Waals surface area contributed by atoms with Crippen molar-refractivity contribution in [1.29, 1.82) is 0 Å². The predicted octanol–water partition coefficient (Wildman–Crippen LogP) is 2.12. The molecule has 0 radical (unpaired) electrons. The van der Waals surface area contributed by atoms with Crippen molar-refractivity contribution in [3.63, 3.8) is 0 Å². The lowest BCUT2D eigenvalue weighted by Gasteiger charge is -2.10. The number of aliphatic carboxylic acids is 1. The Hall–Kier alpha value is -1.84. The van der Waals surface area contributed by atoms with Crippen molar-refractivity contribution in [2.24, 2.45) is 0 Å². The van der Waals surface area contributed by atoms with E-state index in [1.54, 1.807) is 6.92 Å². The van der Waals surface area contributed by atoms with Crippen molar-refractivity contribution >= 4 is 11.9 Å². The lowest BCUT2D eigenvalue weighted by atomic mass is 9.96. The Morgan fingerprint density at radius 3 is 2.67 bits per heavy atom. The summed E-state index contributed by atoms with van der Waals surface area (Å²) in [5.74, 6) is -1.11. The first-order valence-corrected chi connectivity index (χ1v) is 5.99. The third-order valence-corrected chi connectivity index (χ3v) is 2.74. The van der Waals surface area contributed by atoms with Gasteiger partial charge >= 0.3 is 11.9 Å². The normalized spacial score (nSPS) is 10.1. The summed E-state index contributed by atoms with van der Waals surface area (Å²) >= 11 is 0. The minimum absolute atomic E-state index is 0.00910. The van der Waals surface area contributed by atoms with E-state index in [0.717, 1.165) is 16.7 Å². The summed E-state index contributed by atoms with van der Waals surface area (Å²) in [6, 6.07) is 5.62. The van der Waals surface area contributed by atoms with Gasteiger partial charge in [-0.25, -0.2) is 0 Å². The van der Waals surface area contributed by atoms with Gasteiger partial charge in [0.25, 0.3) is 0 Å². The second-order valence-electron chi connectivity index (χ2n) is 4.09. The number of carboxylic acid groups (broad SMARTS) is 1. The van der Waals surface area contributed by atoms with Gasteiger partial charge < -0.3 is 9.84 Å². The molecule has 0 atom stereocenters. The van der Waals surface area contributed by atoms with Gasteiger partial charge in [-0.15, -0.1) is 0 Å².